The number of anilines is 1. The molecule has 0 aliphatic heterocycles. The molecule has 2 atom stereocenters. The minimum absolute atomic E-state index is 0.0238. The average Bonchev–Trinajstić information content (AvgIpc) is 2.94. The van der Waals surface area contributed by atoms with E-state index in [-0.39, 0.29) is 40.5 Å². The summed E-state index contributed by atoms with van der Waals surface area (Å²) < 4.78 is 42.4. The van der Waals surface area contributed by atoms with E-state index in [0.29, 0.717) is 17.0 Å². The molecule has 0 fully saturated rings. The standard InChI is InChI=1S/C30H34Cl2FN3O4S/c1-5-21(4)34-30(38)28(6-2)35(18-22-9-16-26(31)27(32)17-22)29(37)19-36(24-12-10-23(33)11-13-24)41(39,40)25-14-7-20(3)8-15-25/h7-17,21,28H,5-6,18-19H2,1-4H3,(H,34,38)/t21-,28-/m0/s1. The predicted octanol–water partition coefficient (Wildman–Crippen LogP) is 6.36. The molecule has 3 rings (SSSR count). The number of carbonyl (C=O) groups is 2. The van der Waals surface area contributed by atoms with Crippen molar-refractivity contribution in [3.8, 4) is 0 Å². The Balaban J connectivity index is 2.07. The van der Waals surface area contributed by atoms with Gasteiger partial charge < -0.3 is 10.2 Å². The topological polar surface area (TPSA) is 86.8 Å². The van der Waals surface area contributed by atoms with E-state index in [0.717, 1.165) is 22.0 Å². The third kappa shape index (κ3) is 8.21. The molecule has 0 heterocycles. The summed E-state index contributed by atoms with van der Waals surface area (Å²) in [4.78, 5) is 28.7. The SMILES string of the molecule is CC[C@H](C)NC(=O)[C@H](CC)N(Cc1ccc(Cl)c(Cl)c1)C(=O)CN(c1ccc(F)cc1)S(=O)(=O)c1ccc(C)cc1. The number of hydrogen-bond acceptors (Lipinski definition) is 4. The molecule has 0 aromatic heterocycles. The van der Waals surface area contributed by atoms with Crippen LogP contribution in [0.25, 0.3) is 0 Å². The van der Waals surface area contributed by atoms with Gasteiger partial charge in [-0.3, -0.25) is 13.9 Å². The lowest BCUT2D eigenvalue weighted by molar-refractivity contribution is -0.140. The first-order valence-electron chi connectivity index (χ1n) is 13.3. The number of nitrogens with one attached hydrogen (secondary N) is 1. The minimum atomic E-state index is -4.25. The van der Waals surface area contributed by atoms with Crippen molar-refractivity contribution in [1.29, 1.82) is 0 Å². The Hall–Kier alpha value is -3.14. The number of carbonyl (C=O) groups excluding carboxylic acids is 2. The summed E-state index contributed by atoms with van der Waals surface area (Å²) in [5.74, 6) is -1.53. The van der Waals surface area contributed by atoms with Crippen LogP contribution >= 0.6 is 23.2 Å². The molecular formula is C30H34Cl2FN3O4S. The van der Waals surface area contributed by atoms with E-state index in [1.807, 2.05) is 20.8 Å². The fraction of sp³-hybridized carbons (Fsp3) is 0.333. The zero-order chi connectivity index (χ0) is 30.3. The number of hydrogen-bond donors (Lipinski definition) is 1. The fourth-order valence-corrected chi connectivity index (χ4v) is 5.90. The first kappa shape index (κ1) is 32.4. The molecule has 0 bridgehead atoms. The van der Waals surface area contributed by atoms with E-state index in [1.165, 1.54) is 29.2 Å². The highest BCUT2D eigenvalue weighted by Crippen LogP contribution is 2.27. The number of sulfonamides is 1. The van der Waals surface area contributed by atoms with Crippen LogP contribution in [0.3, 0.4) is 0 Å². The van der Waals surface area contributed by atoms with Crippen LogP contribution in [-0.4, -0.2) is 43.8 Å². The quantitative estimate of drug-likeness (QED) is 0.255. The van der Waals surface area contributed by atoms with E-state index in [2.05, 4.69) is 5.32 Å². The van der Waals surface area contributed by atoms with Crippen molar-refractivity contribution in [2.24, 2.45) is 0 Å². The maximum atomic E-state index is 14.0. The van der Waals surface area contributed by atoms with Gasteiger partial charge in [-0.25, -0.2) is 12.8 Å². The van der Waals surface area contributed by atoms with Gasteiger partial charge in [0.15, 0.2) is 0 Å². The van der Waals surface area contributed by atoms with Gasteiger partial charge >= 0.3 is 0 Å². The Kier molecular flexibility index (Phi) is 11.2. The van der Waals surface area contributed by atoms with Crippen molar-refractivity contribution in [2.45, 2.75) is 64.1 Å². The molecule has 0 aliphatic rings. The molecule has 41 heavy (non-hydrogen) atoms. The molecule has 7 nitrogen and oxygen atoms in total. The molecule has 0 saturated heterocycles. The van der Waals surface area contributed by atoms with Crippen molar-refractivity contribution in [1.82, 2.24) is 10.2 Å². The van der Waals surface area contributed by atoms with Crippen LogP contribution in [0.15, 0.2) is 71.6 Å². The summed E-state index contributed by atoms with van der Waals surface area (Å²) in [6.45, 7) is 6.74. The Morgan fingerprint density at radius 3 is 2.12 bits per heavy atom. The number of rotatable bonds is 12. The Bertz CT molecular complexity index is 1470. The van der Waals surface area contributed by atoms with Gasteiger partial charge in [0.1, 0.15) is 18.4 Å². The molecule has 0 saturated carbocycles. The van der Waals surface area contributed by atoms with Gasteiger partial charge in [0.25, 0.3) is 10.0 Å². The first-order valence-corrected chi connectivity index (χ1v) is 15.5. The first-order chi connectivity index (χ1) is 19.4. The van der Waals surface area contributed by atoms with Gasteiger partial charge in [-0.05, 0) is 80.8 Å². The molecule has 3 aromatic rings. The number of amides is 2. The smallest absolute Gasteiger partial charge is 0.264 e. The van der Waals surface area contributed by atoms with Gasteiger partial charge in [0, 0.05) is 12.6 Å². The maximum Gasteiger partial charge on any atom is 0.264 e. The van der Waals surface area contributed by atoms with E-state index in [9.17, 15) is 22.4 Å². The molecule has 1 N–H and O–H groups in total. The molecule has 220 valence electrons. The van der Waals surface area contributed by atoms with Crippen molar-refractivity contribution >= 4 is 50.7 Å². The zero-order valence-electron chi connectivity index (χ0n) is 23.4. The van der Waals surface area contributed by atoms with Gasteiger partial charge in [-0.15, -0.1) is 0 Å². The fourth-order valence-electron chi connectivity index (χ4n) is 4.17. The van der Waals surface area contributed by atoms with Crippen LogP contribution in [0.5, 0.6) is 0 Å². The zero-order valence-corrected chi connectivity index (χ0v) is 25.7. The van der Waals surface area contributed by atoms with E-state index >= 15 is 0 Å². The summed E-state index contributed by atoms with van der Waals surface area (Å²) in [5, 5.41) is 3.54. The Morgan fingerprint density at radius 1 is 0.927 bits per heavy atom. The normalized spacial score (nSPS) is 12.9. The summed E-state index contributed by atoms with van der Waals surface area (Å²) in [7, 11) is -4.25. The number of nitrogens with zero attached hydrogens (tertiary/aromatic N) is 2. The summed E-state index contributed by atoms with van der Waals surface area (Å²) in [5.41, 5.74) is 1.57. The highest BCUT2D eigenvalue weighted by molar-refractivity contribution is 7.92. The predicted molar refractivity (Wildman–Crippen MR) is 161 cm³/mol. The monoisotopic (exact) mass is 621 g/mol. The molecule has 0 radical (unpaired) electrons. The number of aryl methyl sites for hydroxylation is 1. The minimum Gasteiger partial charge on any atom is -0.352 e. The molecule has 11 heteroatoms. The number of benzene rings is 3. The lowest BCUT2D eigenvalue weighted by Crippen LogP contribution is -2.53. The van der Waals surface area contributed by atoms with E-state index in [1.54, 1.807) is 37.3 Å². The molecule has 0 unspecified atom stereocenters. The third-order valence-corrected chi connectivity index (χ3v) is 9.25. The van der Waals surface area contributed by atoms with Crippen molar-refractivity contribution in [3.63, 3.8) is 0 Å². The second-order valence-electron chi connectivity index (χ2n) is 9.81. The average molecular weight is 623 g/mol. The van der Waals surface area contributed by atoms with Gasteiger partial charge in [0.2, 0.25) is 11.8 Å². The third-order valence-electron chi connectivity index (χ3n) is 6.73. The Labute approximate surface area is 251 Å². The second-order valence-corrected chi connectivity index (χ2v) is 12.5. The lowest BCUT2D eigenvalue weighted by atomic mass is 10.1. The van der Waals surface area contributed by atoms with Gasteiger partial charge in [-0.1, -0.05) is 60.8 Å². The van der Waals surface area contributed by atoms with Crippen molar-refractivity contribution < 1.29 is 22.4 Å². The lowest BCUT2D eigenvalue weighted by Gasteiger charge is -2.33. The van der Waals surface area contributed by atoms with Crippen molar-refractivity contribution in [2.75, 3.05) is 10.8 Å². The van der Waals surface area contributed by atoms with Gasteiger partial charge in [0.05, 0.1) is 20.6 Å². The van der Waals surface area contributed by atoms with E-state index in [4.69, 9.17) is 23.2 Å². The molecule has 2 amide bonds. The van der Waals surface area contributed by atoms with Gasteiger partial charge in [-0.2, -0.15) is 0 Å². The van der Waals surface area contributed by atoms with E-state index < -0.39 is 34.3 Å². The van der Waals surface area contributed by atoms with Crippen molar-refractivity contribution in [3.05, 3.63) is 93.7 Å². The largest absolute Gasteiger partial charge is 0.352 e. The molecule has 0 spiro atoms. The molecule has 3 aromatic carbocycles. The highest BCUT2D eigenvalue weighted by atomic mass is 35.5. The highest BCUT2D eigenvalue weighted by Gasteiger charge is 2.34. The second kappa shape index (κ2) is 14.2. The summed E-state index contributed by atoms with van der Waals surface area (Å²) >= 11 is 12.3. The maximum absolute atomic E-state index is 14.0. The molecular weight excluding hydrogens is 588 g/mol. The van der Waals surface area contributed by atoms with Crippen LogP contribution < -0.4 is 9.62 Å². The molecule has 0 aliphatic carbocycles. The van der Waals surface area contributed by atoms with Crippen LogP contribution in [0.2, 0.25) is 10.0 Å². The van der Waals surface area contributed by atoms with Crippen LogP contribution in [0, 0.1) is 12.7 Å². The Morgan fingerprint density at radius 2 is 1.56 bits per heavy atom. The van der Waals surface area contributed by atoms with Crippen LogP contribution in [-0.2, 0) is 26.2 Å². The van der Waals surface area contributed by atoms with Crippen LogP contribution in [0.4, 0.5) is 10.1 Å². The summed E-state index contributed by atoms with van der Waals surface area (Å²) in [6, 6.07) is 14.9. The van der Waals surface area contributed by atoms with Crippen LogP contribution in [0.1, 0.15) is 44.7 Å². The number of halogens is 3. The summed E-state index contributed by atoms with van der Waals surface area (Å²) in [6.07, 6.45) is 0.965.